The van der Waals surface area contributed by atoms with Crippen LogP contribution >= 0.6 is 12.2 Å². The lowest BCUT2D eigenvalue weighted by atomic mass is 10.1. The fourth-order valence-electron chi connectivity index (χ4n) is 2.55. The quantitative estimate of drug-likeness (QED) is 0.716. The third kappa shape index (κ3) is 5.52. The maximum absolute atomic E-state index is 5.49. The number of nitrogens with one attached hydrogen (secondary N) is 1. The molecule has 2 aromatic rings. The molecule has 2 rings (SSSR count). The number of methoxy groups -OCH3 is 3. The molecule has 0 aliphatic carbocycles. The molecule has 0 aromatic heterocycles. The molecule has 1 N–H and O–H groups in total. The van der Waals surface area contributed by atoms with Crippen molar-refractivity contribution in [2.75, 3.05) is 34.9 Å². The van der Waals surface area contributed by atoms with Crippen LogP contribution in [0.1, 0.15) is 11.1 Å². The summed E-state index contributed by atoms with van der Waals surface area (Å²) in [5, 5.41) is 4.01. The third-order valence-corrected chi connectivity index (χ3v) is 4.55. The number of hydrogen-bond acceptors (Lipinski definition) is 4. The SMILES string of the molecule is COc1ccc(CCNC(=S)N(C)Cc2ccc(OC)cc2OC)cc1. The first-order chi connectivity index (χ1) is 12.6. The predicted octanol–water partition coefficient (Wildman–Crippen LogP) is 3.26. The zero-order chi connectivity index (χ0) is 18.9. The molecule has 0 unspecified atom stereocenters. The van der Waals surface area contributed by atoms with E-state index in [1.165, 1.54) is 5.56 Å². The average Bonchev–Trinajstić information content (AvgIpc) is 2.68. The molecule has 2 aromatic carbocycles. The van der Waals surface area contributed by atoms with Gasteiger partial charge >= 0.3 is 0 Å². The zero-order valence-electron chi connectivity index (χ0n) is 15.7. The molecule has 0 fully saturated rings. The molecule has 0 atom stereocenters. The van der Waals surface area contributed by atoms with Crippen LogP contribution in [0.5, 0.6) is 17.2 Å². The normalized spacial score (nSPS) is 10.2. The lowest BCUT2D eigenvalue weighted by Gasteiger charge is -2.22. The van der Waals surface area contributed by atoms with Gasteiger partial charge in [0, 0.05) is 31.8 Å². The molecule has 0 heterocycles. The second kappa shape index (κ2) is 9.87. The van der Waals surface area contributed by atoms with E-state index >= 15 is 0 Å². The van der Waals surface area contributed by atoms with Crippen LogP contribution in [0.4, 0.5) is 0 Å². The van der Waals surface area contributed by atoms with Gasteiger partial charge in [-0.2, -0.15) is 0 Å². The topological polar surface area (TPSA) is 43.0 Å². The van der Waals surface area contributed by atoms with Crippen LogP contribution in [-0.4, -0.2) is 44.9 Å². The predicted molar refractivity (Wildman–Crippen MR) is 108 cm³/mol. The van der Waals surface area contributed by atoms with E-state index in [1.807, 2.05) is 42.3 Å². The Hall–Kier alpha value is -2.47. The van der Waals surface area contributed by atoms with Gasteiger partial charge in [-0.1, -0.05) is 12.1 Å². The first kappa shape index (κ1) is 19.8. The number of ether oxygens (including phenoxy) is 3. The number of benzene rings is 2. The smallest absolute Gasteiger partial charge is 0.168 e. The van der Waals surface area contributed by atoms with Gasteiger partial charge in [-0.15, -0.1) is 0 Å². The Kier molecular flexibility index (Phi) is 7.53. The molecule has 0 radical (unpaired) electrons. The van der Waals surface area contributed by atoms with E-state index in [4.69, 9.17) is 26.4 Å². The molecule has 0 saturated heterocycles. The van der Waals surface area contributed by atoms with E-state index in [2.05, 4.69) is 17.4 Å². The van der Waals surface area contributed by atoms with Crippen molar-refractivity contribution < 1.29 is 14.2 Å². The summed E-state index contributed by atoms with van der Waals surface area (Å²) in [6.45, 7) is 1.43. The van der Waals surface area contributed by atoms with E-state index in [1.54, 1.807) is 21.3 Å². The molecule has 0 saturated carbocycles. The standard InChI is InChI=1S/C20H26N2O3S/c1-22(14-16-7-10-18(24-3)13-19(16)25-4)20(26)21-12-11-15-5-8-17(23-2)9-6-15/h5-10,13H,11-12,14H2,1-4H3,(H,21,26). The van der Waals surface area contributed by atoms with E-state index in [0.29, 0.717) is 11.7 Å². The first-order valence-electron chi connectivity index (χ1n) is 8.40. The minimum atomic E-state index is 0.654. The summed E-state index contributed by atoms with van der Waals surface area (Å²) in [7, 11) is 6.93. The number of hydrogen-bond donors (Lipinski definition) is 1. The van der Waals surface area contributed by atoms with Gasteiger partial charge in [0.15, 0.2) is 5.11 Å². The Labute approximate surface area is 160 Å². The third-order valence-electron chi connectivity index (χ3n) is 4.10. The van der Waals surface area contributed by atoms with Crippen molar-refractivity contribution in [1.29, 1.82) is 0 Å². The molecule has 0 aliphatic heterocycles. The summed E-state index contributed by atoms with van der Waals surface area (Å²) in [5.74, 6) is 2.43. The highest BCUT2D eigenvalue weighted by atomic mass is 32.1. The maximum atomic E-state index is 5.49. The Morgan fingerprint density at radius 3 is 2.23 bits per heavy atom. The molecule has 0 amide bonds. The van der Waals surface area contributed by atoms with Crippen LogP contribution in [0.25, 0.3) is 0 Å². The van der Waals surface area contributed by atoms with Crippen molar-refractivity contribution in [2.45, 2.75) is 13.0 Å². The fraction of sp³-hybridized carbons (Fsp3) is 0.350. The van der Waals surface area contributed by atoms with Crippen LogP contribution in [0.2, 0.25) is 0 Å². The Morgan fingerprint density at radius 1 is 0.962 bits per heavy atom. The summed E-state index contributed by atoms with van der Waals surface area (Å²) in [6.07, 6.45) is 0.893. The minimum Gasteiger partial charge on any atom is -0.497 e. The monoisotopic (exact) mass is 374 g/mol. The number of nitrogens with zero attached hydrogens (tertiary/aromatic N) is 1. The van der Waals surface area contributed by atoms with Crippen LogP contribution < -0.4 is 19.5 Å². The summed E-state index contributed by atoms with van der Waals surface area (Å²) in [4.78, 5) is 1.99. The zero-order valence-corrected chi connectivity index (χ0v) is 16.6. The van der Waals surface area contributed by atoms with Crippen molar-refractivity contribution in [3.05, 3.63) is 53.6 Å². The summed E-state index contributed by atoms with van der Waals surface area (Å²) >= 11 is 5.49. The molecule has 6 heteroatoms. The molecular formula is C20H26N2O3S. The van der Waals surface area contributed by atoms with Crippen LogP contribution in [0, 0.1) is 0 Å². The second-order valence-electron chi connectivity index (χ2n) is 5.86. The number of rotatable bonds is 8. The molecule has 140 valence electrons. The molecular weight excluding hydrogens is 348 g/mol. The van der Waals surface area contributed by atoms with E-state index in [9.17, 15) is 0 Å². The summed E-state index contributed by atoms with van der Waals surface area (Å²) < 4.78 is 15.9. The van der Waals surface area contributed by atoms with Gasteiger partial charge < -0.3 is 24.4 Å². The molecule has 0 bridgehead atoms. The van der Waals surface area contributed by atoms with Gasteiger partial charge in [-0.3, -0.25) is 0 Å². The summed E-state index contributed by atoms with van der Waals surface area (Å²) in [6, 6.07) is 13.9. The Bertz CT molecular complexity index is 719. The Morgan fingerprint density at radius 2 is 1.62 bits per heavy atom. The summed E-state index contributed by atoms with van der Waals surface area (Å²) in [5.41, 5.74) is 2.29. The van der Waals surface area contributed by atoms with Crippen molar-refractivity contribution in [3.8, 4) is 17.2 Å². The van der Waals surface area contributed by atoms with Crippen LogP contribution in [0.15, 0.2) is 42.5 Å². The molecule has 5 nitrogen and oxygen atoms in total. The van der Waals surface area contributed by atoms with Gasteiger partial charge in [0.1, 0.15) is 17.2 Å². The lowest BCUT2D eigenvalue weighted by molar-refractivity contribution is 0.383. The van der Waals surface area contributed by atoms with Gasteiger partial charge in [0.25, 0.3) is 0 Å². The van der Waals surface area contributed by atoms with Crippen molar-refractivity contribution >= 4 is 17.3 Å². The molecule has 26 heavy (non-hydrogen) atoms. The fourth-order valence-corrected chi connectivity index (χ4v) is 2.72. The van der Waals surface area contributed by atoms with E-state index in [0.717, 1.165) is 35.8 Å². The lowest BCUT2D eigenvalue weighted by Crippen LogP contribution is -2.37. The van der Waals surface area contributed by atoms with E-state index in [-0.39, 0.29) is 0 Å². The first-order valence-corrected chi connectivity index (χ1v) is 8.81. The highest BCUT2D eigenvalue weighted by Gasteiger charge is 2.10. The van der Waals surface area contributed by atoms with E-state index < -0.39 is 0 Å². The largest absolute Gasteiger partial charge is 0.497 e. The average molecular weight is 375 g/mol. The Balaban J connectivity index is 1.85. The van der Waals surface area contributed by atoms with Crippen LogP contribution in [-0.2, 0) is 13.0 Å². The highest BCUT2D eigenvalue weighted by molar-refractivity contribution is 7.80. The highest BCUT2D eigenvalue weighted by Crippen LogP contribution is 2.25. The minimum absolute atomic E-state index is 0.654. The molecule has 0 spiro atoms. The molecule has 0 aliphatic rings. The second-order valence-corrected chi connectivity index (χ2v) is 6.25. The van der Waals surface area contributed by atoms with Gasteiger partial charge in [-0.25, -0.2) is 0 Å². The van der Waals surface area contributed by atoms with Gasteiger partial charge in [0.2, 0.25) is 0 Å². The van der Waals surface area contributed by atoms with Crippen LogP contribution in [0.3, 0.4) is 0 Å². The van der Waals surface area contributed by atoms with Crippen molar-refractivity contribution in [1.82, 2.24) is 10.2 Å². The van der Waals surface area contributed by atoms with Gasteiger partial charge in [-0.05, 0) is 48.5 Å². The van der Waals surface area contributed by atoms with Crippen molar-refractivity contribution in [2.24, 2.45) is 0 Å². The maximum Gasteiger partial charge on any atom is 0.168 e. The number of thiocarbonyl (C=S) groups is 1. The van der Waals surface area contributed by atoms with Crippen molar-refractivity contribution in [3.63, 3.8) is 0 Å². The van der Waals surface area contributed by atoms with Gasteiger partial charge in [0.05, 0.1) is 21.3 Å².